The second kappa shape index (κ2) is 7.58. The van der Waals surface area contributed by atoms with Crippen molar-refractivity contribution in [1.29, 1.82) is 0 Å². The second-order valence-electron chi connectivity index (χ2n) is 4.53. The van der Waals surface area contributed by atoms with E-state index < -0.39 is 10.8 Å². The molecule has 1 saturated heterocycles. The predicted molar refractivity (Wildman–Crippen MR) is 81.3 cm³/mol. The molecule has 0 radical (unpaired) electrons. The zero-order chi connectivity index (χ0) is 14.4. The summed E-state index contributed by atoms with van der Waals surface area (Å²) in [6.45, 7) is 0.0257. The van der Waals surface area contributed by atoms with Crippen LogP contribution in [0.5, 0.6) is 0 Å². The third kappa shape index (κ3) is 4.17. The monoisotopic (exact) mass is 311 g/mol. The molecule has 1 fully saturated rings. The van der Waals surface area contributed by atoms with Crippen molar-refractivity contribution < 1.29 is 14.1 Å². The minimum atomic E-state index is -0.717. The number of rotatable bonds is 3. The SMILES string of the molecule is O=C(NC1CCS(=O)CC1)c1sccc1C#CCCO. The molecule has 108 valence electrons. The quantitative estimate of drug-likeness (QED) is 0.822. The first-order chi connectivity index (χ1) is 9.70. The molecule has 2 N–H and O–H groups in total. The van der Waals surface area contributed by atoms with Gasteiger partial charge in [-0.05, 0) is 24.3 Å². The van der Waals surface area contributed by atoms with E-state index in [-0.39, 0.29) is 18.6 Å². The molecule has 0 spiro atoms. The highest BCUT2D eigenvalue weighted by molar-refractivity contribution is 7.85. The average Bonchev–Trinajstić information content (AvgIpc) is 2.90. The van der Waals surface area contributed by atoms with E-state index in [0.29, 0.717) is 28.4 Å². The molecule has 20 heavy (non-hydrogen) atoms. The van der Waals surface area contributed by atoms with Crippen LogP contribution in [0, 0.1) is 11.8 Å². The fourth-order valence-electron chi connectivity index (χ4n) is 1.99. The first-order valence-electron chi connectivity index (χ1n) is 6.53. The third-order valence-corrected chi connectivity index (χ3v) is 5.35. The Hall–Kier alpha value is -1.16. The van der Waals surface area contributed by atoms with Gasteiger partial charge in [-0.25, -0.2) is 0 Å². The van der Waals surface area contributed by atoms with Crippen molar-refractivity contribution in [3.05, 3.63) is 21.9 Å². The zero-order valence-electron chi connectivity index (χ0n) is 11.1. The highest BCUT2D eigenvalue weighted by atomic mass is 32.2. The fourth-order valence-corrected chi connectivity index (χ4v) is 4.04. The number of nitrogens with one attached hydrogen (secondary N) is 1. The number of hydrogen-bond donors (Lipinski definition) is 2. The number of aliphatic hydroxyl groups is 1. The third-order valence-electron chi connectivity index (χ3n) is 3.05. The number of carbonyl (C=O) groups excluding carboxylic acids is 1. The van der Waals surface area contributed by atoms with Gasteiger partial charge in [-0.15, -0.1) is 11.3 Å². The Kier molecular flexibility index (Phi) is 5.77. The highest BCUT2D eigenvalue weighted by Gasteiger charge is 2.21. The lowest BCUT2D eigenvalue weighted by Gasteiger charge is -2.22. The summed E-state index contributed by atoms with van der Waals surface area (Å²) in [4.78, 5) is 12.8. The summed E-state index contributed by atoms with van der Waals surface area (Å²) in [5, 5.41) is 13.5. The average molecular weight is 311 g/mol. The van der Waals surface area contributed by atoms with Crippen molar-refractivity contribution in [2.24, 2.45) is 0 Å². The molecule has 6 heteroatoms. The van der Waals surface area contributed by atoms with Crippen LogP contribution >= 0.6 is 11.3 Å². The Morgan fingerprint density at radius 3 is 2.95 bits per heavy atom. The molecular weight excluding hydrogens is 294 g/mol. The molecule has 2 rings (SSSR count). The van der Waals surface area contributed by atoms with Crippen molar-refractivity contribution in [2.45, 2.75) is 25.3 Å². The summed E-state index contributed by atoms with van der Waals surface area (Å²) >= 11 is 1.37. The van der Waals surface area contributed by atoms with E-state index in [1.165, 1.54) is 11.3 Å². The molecule has 0 unspecified atom stereocenters. The number of hydrogen-bond acceptors (Lipinski definition) is 4. The summed E-state index contributed by atoms with van der Waals surface area (Å²) in [5.41, 5.74) is 0.709. The molecule has 4 nitrogen and oxygen atoms in total. The standard InChI is InChI=1S/C14H17NO3S2/c16-7-2-1-3-11-4-8-19-13(11)14(17)15-12-5-9-20(18)10-6-12/h4,8,12,16H,2,5-7,9-10H2,(H,15,17). The molecule has 1 aromatic heterocycles. The molecule has 1 aliphatic heterocycles. The van der Waals surface area contributed by atoms with Crippen molar-refractivity contribution in [3.63, 3.8) is 0 Å². The summed E-state index contributed by atoms with van der Waals surface area (Å²) in [5.74, 6) is 6.96. The maximum Gasteiger partial charge on any atom is 0.262 e. The van der Waals surface area contributed by atoms with E-state index in [1.807, 2.05) is 11.4 Å². The van der Waals surface area contributed by atoms with Crippen LogP contribution < -0.4 is 5.32 Å². The molecule has 0 aromatic carbocycles. The lowest BCUT2D eigenvalue weighted by Crippen LogP contribution is -2.39. The predicted octanol–water partition coefficient (Wildman–Crippen LogP) is 1.12. The van der Waals surface area contributed by atoms with E-state index >= 15 is 0 Å². The Morgan fingerprint density at radius 2 is 2.25 bits per heavy atom. The van der Waals surface area contributed by atoms with E-state index in [9.17, 15) is 9.00 Å². The van der Waals surface area contributed by atoms with Crippen molar-refractivity contribution in [2.75, 3.05) is 18.1 Å². The molecule has 0 saturated carbocycles. The van der Waals surface area contributed by atoms with Gasteiger partial charge in [0.15, 0.2) is 0 Å². The van der Waals surface area contributed by atoms with Gasteiger partial charge in [0, 0.05) is 40.3 Å². The number of carbonyl (C=O) groups is 1. The van der Waals surface area contributed by atoms with E-state index in [4.69, 9.17) is 5.11 Å². The highest BCUT2D eigenvalue weighted by Crippen LogP contribution is 2.17. The van der Waals surface area contributed by atoms with Crippen molar-refractivity contribution in [1.82, 2.24) is 5.32 Å². The van der Waals surface area contributed by atoms with Crippen LogP contribution in [-0.4, -0.2) is 39.4 Å². The van der Waals surface area contributed by atoms with Crippen LogP contribution in [0.3, 0.4) is 0 Å². The van der Waals surface area contributed by atoms with Gasteiger partial charge in [-0.3, -0.25) is 9.00 Å². The Morgan fingerprint density at radius 1 is 1.50 bits per heavy atom. The molecule has 2 heterocycles. The Labute approximate surface area is 125 Å². The van der Waals surface area contributed by atoms with E-state index in [1.54, 1.807) is 0 Å². The van der Waals surface area contributed by atoms with Crippen LogP contribution in [0.15, 0.2) is 11.4 Å². The van der Waals surface area contributed by atoms with Gasteiger partial charge >= 0.3 is 0 Å². The summed E-state index contributed by atoms with van der Waals surface area (Å²) in [7, 11) is -0.717. The minimum Gasteiger partial charge on any atom is -0.395 e. The van der Waals surface area contributed by atoms with Crippen molar-refractivity contribution in [3.8, 4) is 11.8 Å². The lowest BCUT2D eigenvalue weighted by molar-refractivity contribution is 0.0938. The summed E-state index contributed by atoms with van der Waals surface area (Å²) in [6, 6.07) is 1.93. The van der Waals surface area contributed by atoms with Crippen LogP contribution in [0.4, 0.5) is 0 Å². The van der Waals surface area contributed by atoms with Gasteiger partial charge in [0.2, 0.25) is 0 Å². The first-order valence-corrected chi connectivity index (χ1v) is 8.90. The minimum absolute atomic E-state index is 0.0257. The maximum atomic E-state index is 12.2. The van der Waals surface area contributed by atoms with E-state index in [0.717, 1.165) is 12.8 Å². The molecule has 1 aromatic rings. The molecule has 0 bridgehead atoms. The van der Waals surface area contributed by atoms with Gasteiger partial charge in [0.25, 0.3) is 5.91 Å². The molecular formula is C14H17NO3S2. The molecule has 1 amide bonds. The number of aliphatic hydroxyl groups excluding tert-OH is 1. The molecule has 0 aliphatic carbocycles. The van der Waals surface area contributed by atoms with Gasteiger partial charge in [-0.1, -0.05) is 11.8 Å². The van der Waals surface area contributed by atoms with E-state index in [2.05, 4.69) is 17.2 Å². The summed E-state index contributed by atoms with van der Waals surface area (Å²) in [6.07, 6.45) is 1.95. The normalized spacial score (nSPS) is 21.9. The Bertz CT molecular complexity index is 546. The van der Waals surface area contributed by atoms with Gasteiger partial charge < -0.3 is 10.4 Å². The topological polar surface area (TPSA) is 66.4 Å². The summed E-state index contributed by atoms with van der Waals surface area (Å²) < 4.78 is 11.3. The number of thiophene rings is 1. The molecule has 1 aliphatic rings. The van der Waals surface area contributed by atoms with Gasteiger partial charge in [0.1, 0.15) is 4.88 Å². The smallest absolute Gasteiger partial charge is 0.262 e. The van der Waals surface area contributed by atoms with Crippen LogP contribution in [0.1, 0.15) is 34.5 Å². The second-order valence-corrected chi connectivity index (χ2v) is 7.15. The lowest BCUT2D eigenvalue weighted by atomic mass is 10.1. The largest absolute Gasteiger partial charge is 0.395 e. The zero-order valence-corrected chi connectivity index (χ0v) is 12.7. The van der Waals surface area contributed by atoms with Crippen LogP contribution in [0.25, 0.3) is 0 Å². The number of amides is 1. The van der Waals surface area contributed by atoms with Crippen molar-refractivity contribution >= 4 is 28.0 Å². The first kappa shape index (κ1) is 15.2. The van der Waals surface area contributed by atoms with Crippen LogP contribution in [-0.2, 0) is 10.8 Å². The van der Waals surface area contributed by atoms with Gasteiger partial charge in [-0.2, -0.15) is 0 Å². The van der Waals surface area contributed by atoms with Crippen LogP contribution in [0.2, 0.25) is 0 Å². The Balaban J connectivity index is 1.98. The fraction of sp³-hybridized carbons (Fsp3) is 0.500. The molecule has 0 atom stereocenters. The maximum absolute atomic E-state index is 12.2. The van der Waals surface area contributed by atoms with Gasteiger partial charge in [0.05, 0.1) is 6.61 Å².